The fourth-order valence-corrected chi connectivity index (χ4v) is 3.47. The molecule has 2 fully saturated rings. The molecular formula is C16H16ClFN2O3. The number of fused-ring (bicyclic) bond motifs is 1. The second-order valence-electron chi connectivity index (χ2n) is 5.93. The third kappa shape index (κ3) is 3.08. The van der Waals surface area contributed by atoms with E-state index in [1.165, 1.54) is 12.1 Å². The van der Waals surface area contributed by atoms with E-state index >= 15 is 0 Å². The lowest BCUT2D eigenvalue weighted by atomic mass is 9.81. The molecule has 3 rings (SSSR count). The van der Waals surface area contributed by atoms with Crippen molar-refractivity contribution in [2.75, 3.05) is 11.9 Å². The third-order valence-corrected chi connectivity index (χ3v) is 4.67. The summed E-state index contributed by atoms with van der Waals surface area (Å²) in [5.41, 5.74) is -0.0316. The molecule has 0 spiro atoms. The lowest BCUT2D eigenvalue weighted by Crippen LogP contribution is -2.38. The quantitative estimate of drug-likeness (QED) is 0.861. The number of carbonyl (C=O) groups is 3. The summed E-state index contributed by atoms with van der Waals surface area (Å²) < 4.78 is 13.7. The summed E-state index contributed by atoms with van der Waals surface area (Å²) in [5.74, 6) is -2.43. The first-order valence-electron chi connectivity index (χ1n) is 7.57. The van der Waals surface area contributed by atoms with Gasteiger partial charge in [-0.05, 0) is 31.0 Å². The van der Waals surface area contributed by atoms with Crippen LogP contribution in [0, 0.1) is 17.7 Å². The van der Waals surface area contributed by atoms with Gasteiger partial charge in [-0.2, -0.15) is 0 Å². The number of carbonyl (C=O) groups excluding carboxylic acids is 3. The van der Waals surface area contributed by atoms with Gasteiger partial charge in [0, 0.05) is 5.02 Å². The molecule has 0 aromatic heterocycles. The number of nitrogens with one attached hydrogen (secondary N) is 1. The molecular weight excluding hydrogens is 323 g/mol. The molecule has 122 valence electrons. The fourth-order valence-electron chi connectivity index (χ4n) is 3.31. The SMILES string of the molecule is O=C(CN1C(=O)[C@@H]2CCCC[C@H]2C1=O)Nc1ccc(Cl)cc1F. The first kappa shape index (κ1) is 15.9. The molecule has 7 heteroatoms. The van der Waals surface area contributed by atoms with Crippen LogP contribution in [0.15, 0.2) is 18.2 Å². The molecule has 2 atom stereocenters. The summed E-state index contributed by atoms with van der Waals surface area (Å²) in [6.45, 7) is -0.382. The molecule has 0 bridgehead atoms. The van der Waals surface area contributed by atoms with Crippen LogP contribution in [0.3, 0.4) is 0 Å². The number of nitrogens with zero attached hydrogens (tertiary/aromatic N) is 1. The molecule has 0 unspecified atom stereocenters. The Kier molecular flexibility index (Phi) is 4.35. The van der Waals surface area contributed by atoms with Crippen LogP contribution in [0.1, 0.15) is 25.7 Å². The van der Waals surface area contributed by atoms with E-state index < -0.39 is 11.7 Å². The Balaban J connectivity index is 1.68. The zero-order valence-electron chi connectivity index (χ0n) is 12.4. The largest absolute Gasteiger partial charge is 0.322 e. The zero-order chi connectivity index (χ0) is 16.6. The monoisotopic (exact) mass is 338 g/mol. The third-order valence-electron chi connectivity index (χ3n) is 4.44. The maximum Gasteiger partial charge on any atom is 0.244 e. The minimum Gasteiger partial charge on any atom is -0.322 e. The maximum absolute atomic E-state index is 13.7. The van der Waals surface area contributed by atoms with Gasteiger partial charge in [-0.3, -0.25) is 19.3 Å². The fraction of sp³-hybridized carbons (Fsp3) is 0.438. The summed E-state index contributed by atoms with van der Waals surface area (Å²) >= 11 is 5.65. The van der Waals surface area contributed by atoms with Crippen LogP contribution in [-0.2, 0) is 14.4 Å². The molecule has 1 heterocycles. The van der Waals surface area contributed by atoms with Crippen LogP contribution >= 0.6 is 11.6 Å². The van der Waals surface area contributed by atoms with E-state index in [0.717, 1.165) is 23.8 Å². The summed E-state index contributed by atoms with van der Waals surface area (Å²) in [6, 6.07) is 3.86. The van der Waals surface area contributed by atoms with Crippen molar-refractivity contribution in [1.29, 1.82) is 0 Å². The maximum atomic E-state index is 13.7. The van der Waals surface area contributed by atoms with E-state index in [9.17, 15) is 18.8 Å². The molecule has 1 aromatic carbocycles. The van der Waals surface area contributed by atoms with Crippen molar-refractivity contribution in [1.82, 2.24) is 4.90 Å². The molecule has 1 saturated heterocycles. The number of halogens is 2. The Morgan fingerprint density at radius 2 is 1.83 bits per heavy atom. The number of rotatable bonds is 3. The van der Waals surface area contributed by atoms with Crippen LogP contribution in [0.2, 0.25) is 5.02 Å². The highest BCUT2D eigenvalue weighted by molar-refractivity contribution is 6.30. The summed E-state index contributed by atoms with van der Waals surface area (Å²) in [5, 5.41) is 2.59. The molecule has 1 aromatic rings. The van der Waals surface area contributed by atoms with Gasteiger partial charge in [0.25, 0.3) is 0 Å². The van der Waals surface area contributed by atoms with Gasteiger partial charge in [0.05, 0.1) is 17.5 Å². The van der Waals surface area contributed by atoms with Gasteiger partial charge >= 0.3 is 0 Å². The Morgan fingerprint density at radius 3 is 2.39 bits per heavy atom. The van der Waals surface area contributed by atoms with Crippen molar-refractivity contribution in [2.24, 2.45) is 11.8 Å². The molecule has 23 heavy (non-hydrogen) atoms. The summed E-state index contributed by atoms with van der Waals surface area (Å²) in [7, 11) is 0. The molecule has 1 saturated carbocycles. The number of likely N-dealkylation sites (tertiary alicyclic amines) is 1. The van der Waals surface area contributed by atoms with Crippen LogP contribution in [0.4, 0.5) is 10.1 Å². The Morgan fingerprint density at radius 1 is 1.22 bits per heavy atom. The van der Waals surface area contributed by atoms with E-state index in [1.54, 1.807) is 0 Å². The van der Waals surface area contributed by atoms with Gasteiger partial charge in [0.1, 0.15) is 12.4 Å². The zero-order valence-corrected chi connectivity index (χ0v) is 13.1. The molecule has 1 aliphatic heterocycles. The number of hydrogen-bond donors (Lipinski definition) is 1. The number of imide groups is 1. The van der Waals surface area contributed by atoms with E-state index in [2.05, 4.69) is 5.32 Å². The minimum atomic E-state index is -0.668. The number of hydrogen-bond acceptors (Lipinski definition) is 3. The summed E-state index contributed by atoms with van der Waals surface area (Å²) in [6.07, 6.45) is 3.24. The standard InChI is InChI=1S/C16H16ClFN2O3/c17-9-5-6-13(12(18)7-9)19-14(21)8-20-15(22)10-3-1-2-4-11(10)16(20)23/h5-7,10-11H,1-4,8H2,(H,19,21)/t10-,11-/m1/s1. The highest BCUT2D eigenvalue weighted by Gasteiger charge is 2.48. The van der Waals surface area contributed by atoms with Crippen molar-refractivity contribution >= 4 is 35.0 Å². The molecule has 1 aliphatic carbocycles. The molecule has 0 radical (unpaired) electrons. The van der Waals surface area contributed by atoms with Crippen molar-refractivity contribution in [3.05, 3.63) is 29.0 Å². The van der Waals surface area contributed by atoms with Gasteiger partial charge < -0.3 is 5.32 Å². The van der Waals surface area contributed by atoms with Crippen LogP contribution in [-0.4, -0.2) is 29.2 Å². The van der Waals surface area contributed by atoms with Crippen molar-refractivity contribution < 1.29 is 18.8 Å². The van der Waals surface area contributed by atoms with Crippen molar-refractivity contribution in [2.45, 2.75) is 25.7 Å². The average Bonchev–Trinajstić information content (AvgIpc) is 2.76. The minimum absolute atomic E-state index is 0.0316. The van der Waals surface area contributed by atoms with Gasteiger partial charge in [-0.1, -0.05) is 24.4 Å². The molecule has 3 amide bonds. The van der Waals surface area contributed by atoms with Gasteiger partial charge in [-0.25, -0.2) is 4.39 Å². The molecule has 2 aliphatic rings. The molecule has 1 N–H and O–H groups in total. The van der Waals surface area contributed by atoms with Gasteiger partial charge in [0.15, 0.2) is 0 Å². The van der Waals surface area contributed by atoms with Gasteiger partial charge in [0.2, 0.25) is 17.7 Å². The average molecular weight is 339 g/mol. The van der Waals surface area contributed by atoms with E-state index in [1.807, 2.05) is 0 Å². The normalized spacial score (nSPS) is 23.8. The first-order valence-corrected chi connectivity index (χ1v) is 7.95. The van der Waals surface area contributed by atoms with E-state index in [0.29, 0.717) is 12.8 Å². The lowest BCUT2D eigenvalue weighted by molar-refractivity contribution is -0.142. The number of benzene rings is 1. The van der Waals surface area contributed by atoms with Crippen LogP contribution in [0.5, 0.6) is 0 Å². The predicted octanol–water partition coefficient (Wildman–Crippen LogP) is 2.59. The smallest absolute Gasteiger partial charge is 0.244 e. The Hall–Kier alpha value is -1.95. The predicted molar refractivity (Wildman–Crippen MR) is 82.2 cm³/mol. The van der Waals surface area contributed by atoms with Gasteiger partial charge in [-0.15, -0.1) is 0 Å². The second kappa shape index (κ2) is 6.28. The van der Waals surface area contributed by atoms with Crippen molar-refractivity contribution in [3.63, 3.8) is 0 Å². The van der Waals surface area contributed by atoms with Crippen LogP contribution in [0.25, 0.3) is 0 Å². The van der Waals surface area contributed by atoms with E-state index in [4.69, 9.17) is 11.6 Å². The summed E-state index contributed by atoms with van der Waals surface area (Å²) in [4.78, 5) is 37.6. The molecule has 5 nitrogen and oxygen atoms in total. The topological polar surface area (TPSA) is 66.5 Å². The van der Waals surface area contributed by atoms with E-state index in [-0.39, 0.29) is 40.9 Å². The van der Waals surface area contributed by atoms with Crippen LogP contribution < -0.4 is 5.32 Å². The lowest BCUT2D eigenvalue weighted by Gasteiger charge is -2.19. The number of amides is 3. The highest BCUT2D eigenvalue weighted by atomic mass is 35.5. The first-order chi connectivity index (χ1) is 11.0. The highest BCUT2D eigenvalue weighted by Crippen LogP contribution is 2.37. The Bertz CT molecular complexity index is 655. The second-order valence-corrected chi connectivity index (χ2v) is 6.37. The van der Waals surface area contributed by atoms with Crippen molar-refractivity contribution in [3.8, 4) is 0 Å². The number of anilines is 1. The Labute approximate surface area is 137 Å².